The zero-order valence-corrected chi connectivity index (χ0v) is 18.6. The summed E-state index contributed by atoms with van der Waals surface area (Å²) in [5, 5.41) is 0. The Kier molecular flexibility index (Phi) is 5.87. The van der Waals surface area contributed by atoms with Gasteiger partial charge in [0.2, 0.25) is 0 Å². The molecule has 5 rings (SSSR count). The highest BCUT2D eigenvalue weighted by Gasteiger charge is 2.44. The van der Waals surface area contributed by atoms with Crippen molar-refractivity contribution in [1.29, 1.82) is 0 Å². The first kappa shape index (κ1) is 20.7. The average molecular weight is 423 g/mol. The number of piperidine rings is 1. The second-order valence-corrected chi connectivity index (χ2v) is 9.64. The monoisotopic (exact) mass is 422 g/mol. The third-order valence-corrected chi connectivity index (χ3v) is 7.24. The van der Waals surface area contributed by atoms with Crippen molar-refractivity contribution >= 4 is 5.91 Å². The predicted octanol–water partition coefficient (Wildman–Crippen LogP) is 2.74. The highest BCUT2D eigenvalue weighted by molar-refractivity contribution is 5.94. The van der Waals surface area contributed by atoms with E-state index in [1.54, 1.807) is 0 Å². The van der Waals surface area contributed by atoms with Crippen LogP contribution >= 0.6 is 0 Å². The number of rotatable bonds is 4. The van der Waals surface area contributed by atoms with Gasteiger partial charge in [-0.3, -0.25) is 4.79 Å². The lowest BCUT2D eigenvalue weighted by Gasteiger charge is -2.40. The fourth-order valence-corrected chi connectivity index (χ4v) is 5.47. The van der Waals surface area contributed by atoms with E-state index in [1.165, 1.54) is 0 Å². The molecule has 4 heterocycles. The summed E-state index contributed by atoms with van der Waals surface area (Å²) in [5.41, 5.74) is 1.69. The number of hydrogen-bond acceptors (Lipinski definition) is 4. The van der Waals surface area contributed by atoms with E-state index in [2.05, 4.69) is 21.4 Å². The van der Waals surface area contributed by atoms with Crippen LogP contribution < -0.4 is 0 Å². The minimum absolute atomic E-state index is 0.129. The number of likely N-dealkylation sites (N-methyl/N-ethyl adjacent to an activating group) is 1. The van der Waals surface area contributed by atoms with E-state index in [0.29, 0.717) is 5.92 Å². The Labute approximate surface area is 185 Å². The molecule has 6 nitrogen and oxygen atoms in total. The number of carbonyl (C=O) groups excluding carboxylic acids is 1. The maximum Gasteiger partial charge on any atom is 0.253 e. The number of likely N-dealkylation sites (tertiary alicyclic amines) is 1. The van der Waals surface area contributed by atoms with Gasteiger partial charge < -0.3 is 24.0 Å². The molecule has 0 N–H and O–H groups in total. The molecule has 0 radical (unpaired) electrons. The van der Waals surface area contributed by atoms with Crippen LogP contribution in [-0.2, 0) is 4.74 Å². The number of aromatic nitrogens is 1. The summed E-state index contributed by atoms with van der Waals surface area (Å²) in [7, 11) is 2.20. The molecule has 3 fully saturated rings. The smallest absolute Gasteiger partial charge is 0.253 e. The molecule has 1 aromatic carbocycles. The zero-order valence-electron chi connectivity index (χ0n) is 18.6. The van der Waals surface area contributed by atoms with Crippen LogP contribution in [0.25, 0.3) is 5.69 Å². The van der Waals surface area contributed by atoms with Gasteiger partial charge in [0.15, 0.2) is 0 Å². The third-order valence-electron chi connectivity index (χ3n) is 7.24. The van der Waals surface area contributed by atoms with Crippen molar-refractivity contribution < 1.29 is 9.53 Å². The first-order valence-corrected chi connectivity index (χ1v) is 11.7. The maximum absolute atomic E-state index is 13.2. The molecule has 3 saturated heterocycles. The highest BCUT2D eigenvalue weighted by Crippen LogP contribution is 2.38. The van der Waals surface area contributed by atoms with Gasteiger partial charge in [0, 0.05) is 69.5 Å². The lowest BCUT2D eigenvalue weighted by Crippen LogP contribution is -2.50. The third kappa shape index (κ3) is 4.56. The minimum atomic E-state index is -0.143. The van der Waals surface area contributed by atoms with Crippen LogP contribution in [0.1, 0.15) is 29.6 Å². The van der Waals surface area contributed by atoms with E-state index < -0.39 is 0 Å². The van der Waals surface area contributed by atoms with Gasteiger partial charge in [-0.2, -0.15) is 0 Å². The Morgan fingerprint density at radius 1 is 1.06 bits per heavy atom. The van der Waals surface area contributed by atoms with Gasteiger partial charge >= 0.3 is 0 Å². The number of benzene rings is 1. The summed E-state index contributed by atoms with van der Waals surface area (Å²) < 4.78 is 8.46. The molecule has 0 bridgehead atoms. The number of amides is 1. The molecular formula is C25H34N4O2. The molecule has 166 valence electrons. The molecule has 1 amide bonds. The second-order valence-electron chi connectivity index (χ2n) is 9.64. The number of piperazine rings is 1. The fraction of sp³-hybridized carbons (Fsp3) is 0.560. The molecule has 3 aliphatic rings. The summed E-state index contributed by atoms with van der Waals surface area (Å²) in [6.07, 6.45) is 7.20. The van der Waals surface area contributed by atoms with Crippen molar-refractivity contribution in [1.82, 2.24) is 19.3 Å². The average Bonchev–Trinajstić information content (AvgIpc) is 3.46. The first-order chi connectivity index (χ1) is 15.1. The van der Waals surface area contributed by atoms with Crippen molar-refractivity contribution in [3.05, 3.63) is 54.4 Å². The summed E-state index contributed by atoms with van der Waals surface area (Å²) in [5.74, 6) is 0.712. The Hall–Kier alpha value is -2.15. The first-order valence-electron chi connectivity index (χ1n) is 11.7. The zero-order chi connectivity index (χ0) is 21.3. The van der Waals surface area contributed by atoms with Gasteiger partial charge in [0.1, 0.15) is 0 Å². The predicted molar refractivity (Wildman–Crippen MR) is 122 cm³/mol. The highest BCUT2D eigenvalue weighted by atomic mass is 16.5. The molecule has 1 spiro atoms. The summed E-state index contributed by atoms with van der Waals surface area (Å²) in [6, 6.07) is 11.9. The summed E-state index contributed by atoms with van der Waals surface area (Å²) in [6.45, 7) is 8.14. The fourth-order valence-electron chi connectivity index (χ4n) is 5.47. The van der Waals surface area contributed by atoms with Gasteiger partial charge in [-0.15, -0.1) is 0 Å². The van der Waals surface area contributed by atoms with E-state index >= 15 is 0 Å². The molecular weight excluding hydrogens is 388 g/mol. The number of hydrogen-bond donors (Lipinski definition) is 0. The van der Waals surface area contributed by atoms with Crippen LogP contribution in [-0.4, -0.2) is 90.2 Å². The molecule has 31 heavy (non-hydrogen) atoms. The summed E-state index contributed by atoms with van der Waals surface area (Å²) in [4.78, 5) is 20.2. The molecule has 0 saturated carbocycles. The summed E-state index contributed by atoms with van der Waals surface area (Å²) >= 11 is 0. The Morgan fingerprint density at radius 2 is 1.81 bits per heavy atom. The van der Waals surface area contributed by atoms with E-state index in [1.807, 2.05) is 53.7 Å². The Bertz CT molecular complexity index is 873. The van der Waals surface area contributed by atoms with Crippen molar-refractivity contribution in [2.24, 2.45) is 5.92 Å². The van der Waals surface area contributed by atoms with Gasteiger partial charge in [-0.1, -0.05) is 0 Å². The van der Waals surface area contributed by atoms with Crippen LogP contribution in [0.5, 0.6) is 0 Å². The molecule has 6 heteroatoms. The number of carbonyl (C=O) groups is 1. The molecule has 2 aromatic rings. The van der Waals surface area contributed by atoms with E-state index in [9.17, 15) is 4.79 Å². The second kappa shape index (κ2) is 8.77. The van der Waals surface area contributed by atoms with Gasteiger partial charge in [0.05, 0.1) is 12.2 Å². The quantitative estimate of drug-likeness (QED) is 0.760. The van der Waals surface area contributed by atoms with Gasteiger partial charge in [0.25, 0.3) is 5.91 Å². The maximum atomic E-state index is 13.2. The van der Waals surface area contributed by atoms with Crippen LogP contribution in [0, 0.1) is 5.92 Å². The lowest BCUT2D eigenvalue weighted by atomic mass is 9.86. The standard InChI is InChI=1S/C25H34N4O2/c1-26-13-15-27(16-14-26)18-21-17-25(31-19-21)9-4-12-29(20-25)24(30)22-5-7-23(8-6-22)28-10-2-3-11-28/h2-3,5-8,10-11,21H,4,9,12-20H2,1H3/t21-,25-/m1/s1. The topological polar surface area (TPSA) is 41.0 Å². The minimum Gasteiger partial charge on any atom is -0.373 e. The molecule has 3 aliphatic heterocycles. The van der Waals surface area contributed by atoms with E-state index in [0.717, 1.165) is 82.9 Å². The molecule has 2 atom stereocenters. The van der Waals surface area contributed by atoms with Crippen molar-refractivity contribution in [3.63, 3.8) is 0 Å². The van der Waals surface area contributed by atoms with Crippen LogP contribution in [0.4, 0.5) is 0 Å². The van der Waals surface area contributed by atoms with Gasteiger partial charge in [-0.25, -0.2) is 0 Å². The van der Waals surface area contributed by atoms with Crippen molar-refractivity contribution in [2.45, 2.75) is 24.9 Å². The van der Waals surface area contributed by atoms with Crippen LogP contribution in [0.15, 0.2) is 48.8 Å². The number of nitrogens with zero attached hydrogens (tertiary/aromatic N) is 4. The molecule has 0 unspecified atom stereocenters. The normalized spacial score (nSPS) is 27.8. The molecule has 0 aliphatic carbocycles. The van der Waals surface area contributed by atoms with Gasteiger partial charge in [-0.05, 0) is 68.6 Å². The van der Waals surface area contributed by atoms with Crippen molar-refractivity contribution in [3.8, 4) is 5.69 Å². The number of ether oxygens (including phenoxy) is 1. The van der Waals surface area contributed by atoms with Crippen LogP contribution in [0.2, 0.25) is 0 Å². The SMILES string of the molecule is CN1CCN(C[C@@H]2CO[C@]3(CCCN(C(=O)c4ccc(-n5cccc5)cc4)C3)C2)CC1. The van der Waals surface area contributed by atoms with E-state index in [-0.39, 0.29) is 11.5 Å². The van der Waals surface area contributed by atoms with Crippen molar-refractivity contribution in [2.75, 3.05) is 59.5 Å². The Morgan fingerprint density at radius 3 is 2.55 bits per heavy atom. The molecule has 1 aromatic heterocycles. The van der Waals surface area contributed by atoms with Crippen LogP contribution in [0.3, 0.4) is 0 Å². The largest absolute Gasteiger partial charge is 0.373 e. The lowest BCUT2D eigenvalue weighted by molar-refractivity contribution is -0.0450. The van der Waals surface area contributed by atoms with E-state index in [4.69, 9.17) is 4.74 Å². The Balaban J connectivity index is 1.19.